The summed E-state index contributed by atoms with van der Waals surface area (Å²) in [5, 5.41) is 70.1. The Balaban J connectivity index is 1.17. The van der Waals surface area contributed by atoms with Crippen molar-refractivity contribution in [1.29, 1.82) is 0 Å². The molecule has 43 nitrogen and oxygen atoms in total. The molecule has 8 rings (SSSR count). The SMILES string of the molecule is CCCC[C@H]1C(=O)N(C)[C@@H](CCCC)C(=O)N[C@@H](CO)C(=O)N[C@H](C(=O)NCC(N)=O)CSCC(=O)N[C@@H](Cc2ccc(OC)cc2)C(=O)N(C)[C@@H](C)C(=O)N[C@@H](CC(N)=O)C(=O)N2CCC[C@H]2C(=O)N[C@@H](CO)C(=O)N[C@@H](CCC(N)=O)C(=O)N2C[C@H](O)C[C@H]2C(=O)N[C@@H](Cc2c[nH]c3ccccc23)C(=O)N[C@@H](CO)C(=O)N[C@@H](Cc2c[nH]c3ccccc23)C(=O)N1C. The number of H-pyrrole nitrogens is 2. The quantitative estimate of drug-likeness (QED) is 0.0274. The van der Waals surface area contributed by atoms with Gasteiger partial charge in [0.1, 0.15) is 90.3 Å². The number of ether oxygens (including phenoxy) is 1. The molecule has 0 saturated carbocycles. The number of likely N-dealkylation sites (N-methyl/N-ethyl adjacent to an activating group) is 3. The fraction of sp³-hybridized carbons (Fsp3) is 0.529. The maximum atomic E-state index is 15.6. The van der Waals surface area contributed by atoms with Crippen LogP contribution in [0.25, 0.3) is 21.8 Å². The summed E-state index contributed by atoms with van der Waals surface area (Å²) < 4.78 is 5.31. The van der Waals surface area contributed by atoms with Crippen molar-refractivity contribution in [2.24, 2.45) is 17.2 Å². The lowest BCUT2D eigenvalue weighted by Gasteiger charge is -2.36. The van der Waals surface area contributed by atoms with E-state index in [0.717, 1.165) is 36.3 Å². The zero-order valence-corrected chi connectivity index (χ0v) is 73.7. The molecule has 0 aliphatic carbocycles. The summed E-state index contributed by atoms with van der Waals surface area (Å²) in [6.45, 7) is -0.0824. The molecule has 3 aliphatic rings. The second-order valence-corrected chi connectivity index (χ2v) is 33.2. The smallest absolute Gasteiger partial charge is 0.246 e. The standard InChI is InChI=1S/C85H118N20O23S/c1-8-10-21-64-78(120)98-62(42-108)77(119)100-63(73(115)91-38-70(88)112)43-129-44-71(113)92-57(31-46-24-26-50(128-7)27-25-46)81(123)101(4)45(3)72(114)95-59(35-69(87)111)84(126)104-30-16-23-65(104)79(121)99-61(41-107)75(117)93-55(28-29-68(86)110)83(125)105-39-49(109)34-67(105)80(122)94-56(32-47-36-89-53-19-14-12-17-51(47)53)74(116)97-60(40-106)76(118)96-58(33-48-37-90-54-20-15-13-18-52(48)54)82(124)103(6)66(22-11-9-2)85(127)102(64)5/h12-15,17-20,24-27,36-37,45,49,55-67,89-90,106-109H,8-11,16,21-23,28-35,38-44H2,1-7H3,(H2,86,110)(H2,87,111)(H2,88,112)(H,91,115)(H,92,113)(H,93,117)(H,94,122)(H,95,114)(H,96,118)(H,97,116)(H,98,120)(H,99,121)(H,100,119)/t45-,49+,55-,56-,57-,58-,59-,60-,61-,62-,63-,64-,65-,66-,67-/m0/s1. The summed E-state index contributed by atoms with van der Waals surface area (Å²) in [6, 6.07) is -3.27. The Morgan fingerprint density at radius 2 is 0.992 bits per heavy atom. The molecular formula is C85H118N20O23S. The summed E-state index contributed by atoms with van der Waals surface area (Å²) in [5.74, 6) is -19.2. The minimum Gasteiger partial charge on any atom is -0.497 e. The maximum absolute atomic E-state index is 15.6. The molecule has 0 radical (unpaired) electrons. The number of amides is 18. The number of nitrogens with zero attached hydrogens (tertiary/aromatic N) is 5. The number of thioether (sulfide) groups is 1. The topological polar surface area (TPSA) is 644 Å². The lowest BCUT2D eigenvalue weighted by Crippen LogP contribution is -2.62. The van der Waals surface area contributed by atoms with Crippen LogP contribution in [-0.4, -0.2) is 331 Å². The van der Waals surface area contributed by atoms with Gasteiger partial charge in [-0.3, -0.25) is 86.3 Å². The highest BCUT2D eigenvalue weighted by atomic mass is 32.2. The number of benzene rings is 3. The van der Waals surface area contributed by atoms with E-state index >= 15 is 28.8 Å². The third-order valence-corrected chi connectivity index (χ3v) is 24.0. The first-order valence-electron chi connectivity index (χ1n) is 42.5. The van der Waals surface area contributed by atoms with E-state index in [9.17, 15) is 78.0 Å². The van der Waals surface area contributed by atoms with Crippen LogP contribution in [0.2, 0.25) is 0 Å². The minimum atomic E-state index is -1.94. The van der Waals surface area contributed by atoms with E-state index in [1.54, 1.807) is 92.1 Å². The predicted octanol–water partition coefficient (Wildman–Crippen LogP) is -5.65. The van der Waals surface area contributed by atoms with E-state index < -0.39 is 267 Å². The molecule has 5 heterocycles. The fourth-order valence-corrected chi connectivity index (χ4v) is 16.4. The van der Waals surface area contributed by atoms with Crippen LogP contribution in [0, 0.1) is 0 Å². The average molecular weight is 1820 g/mol. The van der Waals surface area contributed by atoms with Crippen LogP contribution in [0.1, 0.15) is 115 Å². The van der Waals surface area contributed by atoms with Crippen molar-refractivity contribution in [2.75, 3.05) is 79.2 Å². The first-order valence-corrected chi connectivity index (χ1v) is 43.7. The van der Waals surface area contributed by atoms with E-state index in [1.165, 1.54) is 35.2 Å². The number of rotatable bonds is 24. The number of unbranched alkanes of at least 4 members (excludes halogenated alkanes) is 2. The number of aliphatic hydroxyl groups is 4. The molecule has 3 fully saturated rings. The number of primary amides is 3. The van der Waals surface area contributed by atoms with Crippen LogP contribution >= 0.6 is 11.8 Å². The molecule has 3 saturated heterocycles. The normalized spacial score (nSPS) is 25.3. The van der Waals surface area contributed by atoms with Crippen molar-refractivity contribution in [3.63, 3.8) is 0 Å². The van der Waals surface area contributed by atoms with Gasteiger partial charge in [0, 0.05) is 106 Å². The molecule has 0 bridgehead atoms. The highest BCUT2D eigenvalue weighted by molar-refractivity contribution is 8.00. The first-order chi connectivity index (χ1) is 61.4. The van der Waals surface area contributed by atoms with Gasteiger partial charge in [-0.05, 0) is 80.0 Å². The highest BCUT2D eigenvalue weighted by Crippen LogP contribution is 2.28. The van der Waals surface area contributed by atoms with Crippen molar-refractivity contribution in [2.45, 2.75) is 208 Å². The Morgan fingerprint density at radius 3 is 1.56 bits per heavy atom. The molecule has 44 heteroatoms. The number of para-hydroxylation sites is 2. The van der Waals surface area contributed by atoms with Crippen molar-refractivity contribution in [1.82, 2.24) is 87.6 Å². The van der Waals surface area contributed by atoms with Gasteiger partial charge in [-0.15, -0.1) is 11.8 Å². The van der Waals surface area contributed by atoms with E-state index in [-0.39, 0.29) is 51.5 Å². The van der Waals surface area contributed by atoms with Gasteiger partial charge < -0.3 is 130 Å². The molecule has 22 N–H and O–H groups in total. The lowest BCUT2D eigenvalue weighted by atomic mass is 10.00. The number of hydrogen-bond donors (Lipinski definition) is 19. The van der Waals surface area contributed by atoms with Crippen molar-refractivity contribution >= 4 is 140 Å². The molecule has 0 unspecified atom stereocenters. The van der Waals surface area contributed by atoms with Crippen molar-refractivity contribution in [3.05, 3.63) is 102 Å². The average Bonchev–Trinajstić information content (AvgIpc) is 1.76. The zero-order valence-electron chi connectivity index (χ0n) is 72.9. The summed E-state index contributed by atoms with van der Waals surface area (Å²) >= 11 is 0.728. The van der Waals surface area contributed by atoms with Crippen LogP contribution in [0.4, 0.5) is 0 Å². The zero-order chi connectivity index (χ0) is 94.6. The molecular weight excluding hydrogens is 1700 g/mol. The molecule has 5 aromatic rings. The molecule has 15 atom stereocenters. The molecule has 129 heavy (non-hydrogen) atoms. The van der Waals surface area contributed by atoms with Gasteiger partial charge in [0.25, 0.3) is 0 Å². The Labute approximate surface area is 747 Å². The Bertz CT molecular complexity index is 4880. The van der Waals surface area contributed by atoms with Crippen molar-refractivity contribution < 1.29 is 111 Å². The van der Waals surface area contributed by atoms with E-state index in [1.807, 2.05) is 6.92 Å². The third-order valence-electron chi connectivity index (χ3n) is 22.9. The summed E-state index contributed by atoms with van der Waals surface area (Å²) in [7, 11) is 5.21. The number of nitrogens with two attached hydrogens (primary N) is 3. The second-order valence-electron chi connectivity index (χ2n) is 32.1. The van der Waals surface area contributed by atoms with Crippen LogP contribution in [0.5, 0.6) is 5.75 Å². The van der Waals surface area contributed by atoms with E-state index in [2.05, 4.69) is 63.1 Å². The molecule has 3 aromatic carbocycles. The number of hydrogen-bond acceptors (Lipinski definition) is 24. The lowest BCUT2D eigenvalue weighted by molar-refractivity contribution is -0.149. The fourth-order valence-electron chi connectivity index (χ4n) is 15.5. The Hall–Kier alpha value is -12.8. The number of carbonyl (C=O) groups excluding carboxylic acids is 18. The summed E-state index contributed by atoms with van der Waals surface area (Å²) in [6.07, 6.45) is -0.293. The van der Waals surface area contributed by atoms with E-state index in [4.69, 9.17) is 21.9 Å². The van der Waals surface area contributed by atoms with E-state index in [0.29, 0.717) is 69.9 Å². The molecule has 18 amide bonds. The van der Waals surface area contributed by atoms with Gasteiger partial charge in [0.15, 0.2) is 0 Å². The number of methoxy groups -OCH3 is 1. The van der Waals surface area contributed by atoms with Gasteiger partial charge in [0.05, 0.1) is 51.8 Å². The summed E-state index contributed by atoms with van der Waals surface area (Å²) in [4.78, 5) is 270. The number of fused-ring (bicyclic) bond motifs is 4. The molecule has 702 valence electrons. The van der Waals surface area contributed by atoms with Gasteiger partial charge >= 0.3 is 0 Å². The molecule has 2 aromatic heterocycles. The largest absolute Gasteiger partial charge is 0.497 e. The number of aromatic nitrogens is 2. The van der Waals surface area contributed by atoms with Crippen LogP contribution in [0.15, 0.2) is 85.2 Å². The Morgan fingerprint density at radius 1 is 0.504 bits per heavy atom. The van der Waals surface area contributed by atoms with Crippen molar-refractivity contribution in [3.8, 4) is 5.75 Å². The van der Waals surface area contributed by atoms with Crippen LogP contribution < -0.4 is 75.1 Å². The monoisotopic (exact) mass is 1820 g/mol. The van der Waals surface area contributed by atoms with Gasteiger partial charge in [-0.2, -0.15) is 0 Å². The van der Waals surface area contributed by atoms with Gasteiger partial charge in [-0.25, -0.2) is 0 Å². The maximum Gasteiger partial charge on any atom is 0.246 e. The van der Waals surface area contributed by atoms with Gasteiger partial charge in [-0.1, -0.05) is 88.1 Å². The number of carbonyl (C=O) groups is 18. The predicted molar refractivity (Wildman–Crippen MR) is 466 cm³/mol. The van der Waals surface area contributed by atoms with Gasteiger partial charge in [0.2, 0.25) is 106 Å². The Kier molecular flexibility index (Phi) is 38.1. The number of aromatic amines is 2. The second kappa shape index (κ2) is 48.4. The molecule has 0 spiro atoms. The van der Waals surface area contributed by atoms with Crippen LogP contribution in [0.3, 0.4) is 0 Å². The molecule has 3 aliphatic heterocycles. The third kappa shape index (κ3) is 27.6. The highest BCUT2D eigenvalue weighted by Gasteiger charge is 2.47. The first kappa shape index (κ1) is 102. The number of nitrogens with one attached hydrogen (secondary N) is 12. The summed E-state index contributed by atoms with van der Waals surface area (Å²) in [5.41, 5.74) is 19.2. The minimum absolute atomic E-state index is 0.0349. The number of aliphatic hydroxyl groups excluding tert-OH is 4. The van der Waals surface area contributed by atoms with Crippen LogP contribution in [-0.2, 0) is 106 Å².